The van der Waals surface area contributed by atoms with Crippen LogP contribution in [0.25, 0.3) is 104 Å². The van der Waals surface area contributed by atoms with Gasteiger partial charge in [0.05, 0.1) is 11.0 Å². The maximum Gasteiger partial charge on any atom is 0.164 e. The number of hydrogen-bond donors (Lipinski definition) is 0. The predicted octanol–water partition coefficient (Wildman–Crippen LogP) is 12.2. The van der Waals surface area contributed by atoms with Gasteiger partial charge in [-0.1, -0.05) is 115 Å². The Labute approximate surface area is 295 Å². The second-order valence-corrected chi connectivity index (χ2v) is 13.8. The minimum Gasteiger partial charge on any atom is -0.454 e. The quantitative estimate of drug-likeness (QED) is 0.187. The second-order valence-electron chi connectivity index (χ2n) is 12.8. The lowest BCUT2D eigenvalue weighted by Crippen LogP contribution is -2.00. The zero-order chi connectivity index (χ0) is 33.5. The highest BCUT2D eigenvalue weighted by atomic mass is 32.1. The van der Waals surface area contributed by atoms with Gasteiger partial charge in [0.2, 0.25) is 0 Å². The van der Waals surface area contributed by atoms with Crippen molar-refractivity contribution in [3.63, 3.8) is 0 Å². The molecule has 4 aromatic heterocycles. The van der Waals surface area contributed by atoms with Crippen LogP contribution in [0, 0.1) is 0 Å². The van der Waals surface area contributed by atoms with Crippen LogP contribution in [-0.2, 0) is 0 Å². The van der Waals surface area contributed by atoms with Gasteiger partial charge in [-0.2, -0.15) is 0 Å². The van der Waals surface area contributed by atoms with Crippen LogP contribution in [0.3, 0.4) is 0 Å². The van der Waals surface area contributed by atoms with E-state index in [0.29, 0.717) is 17.5 Å². The normalized spacial score (nSPS) is 11.9. The first-order chi connectivity index (χ1) is 25.3. The van der Waals surface area contributed by atoms with Crippen molar-refractivity contribution in [2.45, 2.75) is 0 Å². The summed E-state index contributed by atoms with van der Waals surface area (Å²) in [5, 5.41) is 7.24. The van der Waals surface area contributed by atoms with Crippen LogP contribution in [0.4, 0.5) is 0 Å². The maximum absolute atomic E-state index is 6.84. The van der Waals surface area contributed by atoms with Gasteiger partial charge in [-0.25, -0.2) is 15.0 Å². The zero-order valence-electron chi connectivity index (χ0n) is 27.1. The first kappa shape index (κ1) is 28.2. The first-order valence-corrected chi connectivity index (χ1v) is 17.8. The number of aromatic nitrogens is 4. The fraction of sp³-hybridized carbons (Fsp3) is 0. The van der Waals surface area contributed by atoms with Crippen LogP contribution in [0.5, 0.6) is 0 Å². The summed E-state index contributed by atoms with van der Waals surface area (Å²) in [4.78, 5) is 14.8. The van der Waals surface area contributed by atoms with Gasteiger partial charge in [0.1, 0.15) is 5.58 Å². The van der Waals surface area contributed by atoms with Crippen LogP contribution in [-0.4, -0.2) is 19.5 Å². The van der Waals surface area contributed by atoms with E-state index in [9.17, 15) is 0 Å². The smallest absolute Gasteiger partial charge is 0.164 e. The van der Waals surface area contributed by atoms with Gasteiger partial charge in [-0.15, -0.1) is 11.3 Å². The minimum absolute atomic E-state index is 0.628. The molecule has 0 aliphatic rings. The fourth-order valence-corrected chi connectivity index (χ4v) is 8.85. The molecule has 0 bridgehead atoms. The second kappa shape index (κ2) is 10.9. The summed E-state index contributed by atoms with van der Waals surface area (Å²) in [6.07, 6.45) is 0. The molecular formula is C45H26N4OS. The Morgan fingerprint density at radius 2 is 1.00 bits per heavy atom. The Bertz CT molecular complexity index is 3070. The number of furan rings is 1. The number of hydrogen-bond acceptors (Lipinski definition) is 5. The van der Waals surface area contributed by atoms with Crippen molar-refractivity contribution in [1.82, 2.24) is 19.5 Å². The van der Waals surface area contributed by atoms with E-state index in [1.54, 1.807) is 0 Å². The molecule has 0 saturated carbocycles. The molecule has 0 spiro atoms. The van der Waals surface area contributed by atoms with Crippen LogP contribution in [0.2, 0.25) is 0 Å². The Hall–Kier alpha value is -6.63. The van der Waals surface area contributed by atoms with Crippen molar-refractivity contribution in [3.8, 4) is 39.9 Å². The Kier molecular flexibility index (Phi) is 6.05. The standard InChI is InChI=1S/C45H26N4OS/c1-3-13-27(14-4-1)43-46-44(28-15-5-2-6-16-28)48-45(47-43)29-23-25-30(26-24-29)49-34-20-10-7-17-31(34)39-40(49)41-37(32-18-8-11-21-35(32)50-41)38-33-19-9-12-22-36(33)51-42(38)39/h1-26H. The molecule has 0 atom stereocenters. The van der Waals surface area contributed by atoms with Gasteiger partial charge in [-0.3, -0.25) is 0 Å². The number of rotatable bonds is 4. The van der Waals surface area contributed by atoms with E-state index in [2.05, 4.69) is 95.6 Å². The number of benzene rings is 7. The van der Waals surface area contributed by atoms with Crippen molar-refractivity contribution in [2.75, 3.05) is 0 Å². The van der Waals surface area contributed by atoms with Crippen LogP contribution >= 0.6 is 11.3 Å². The summed E-state index contributed by atoms with van der Waals surface area (Å²) in [6, 6.07) is 54.6. The van der Waals surface area contributed by atoms with Gasteiger partial charge in [0, 0.05) is 64.1 Å². The van der Waals surface area contributed by atoms with Crippen molar-refractivity contribution in [2.24, 2.45) is 0 Å². The number of para-hydroxylation sites is 2. The highest BCUT2D eigenvalue weighted by Gasteiger charge is 2.25. The Morgan fingerprint density at radius 3 is 1.69 bits per heavy atom. The lowest BCUT2D eigenvalue weighted by atomic mass is 10.0. The average Bonchev–Trinajstić information content (AvgIpc) is 3.88. The molecule has 0 aliphatic carbocycles. The van der Waals surface area contributed by atoms with Crippen LogP contribution < -0.4 is 0 Å². The van der Waals surface area contributed by atoms with Gasteiger partial charge in [0.15, 0.2) is 23.1 Å². The van der Waals surface area contributed by atoms with E-state index >= 15 is 0 Å². The molecule has 0 amide bonds. The van der Waals surface area contributed by atoms with Crippen molar-refractivity contribution in [1.29, 1.82) is 0 Å². The molecule has 51 heavy (non-hydrogen) atoms. The summed E-state index contributed by atoms with van der Waals surface area (Å²) in [5.41, 5.74) is 7.84. The molecule has 11 rings (SSSR count). The van der Waals surface area contributed by atoms with Gasteiger partial charge >= 0.3 is 0 Å². The third-order valence-corrected chi connectivity index (χ3v) is 11.0. The van der Waals surface area contributed by atoms with Gasteiger partial charge < -0.3 is 8.98 Å². The van der Waals surface area contributed by atoms with Crippen LogP contribution in [0.15, 0.2) is 162 Å². The lowest BCUT2D eigenvalue weighted by molar-refractivity contribution is 0.671. The molecule has 0 saturated heterocycles. The van der Waals surface area contributed by atoms with Crippen molar-refractivity contribution in [3.05, 3.63) is 158 Å². The molecular weight excluding hydrogens is 645 g/mol. The average molecular weight is 671 g/mol. The van der Waals surface area contributed by atoms with Crippen LogP contribution in [0.1, 0.15) is 0 Å². The summed E-state index contributed by atoms with van der Waals surface area (Å²) >= 11 is 1.86. The van der Waals surface area contributed by atoms with E-state index in [1.165, 1.54) is 36.3 Å². The molecule has 4 heterocycles. The third kappa shape index (κ3) is 4.24. The molecule has 0 aliphatic heterocycles. The summed E-state index contributed by atoms with van der Waals surface area (Å²) < 4.78 is 11.8. The molecule has 7 aromatic carbocycles. The lowest BCUT2D eigenvalue weighted by Gasteiger charge is -2.11. The number of fused-ring (bicyclic) bond motifs is 12. The van der Waals surface area contributed by atoms with Crippen molar-refractivity contribution >= 4 is 75.3 Å². The topological polar surface area (TPSA) is 56.7 Å². The number of thiophene rings is 1. The highest BCUT2D eigenvalue weighted by Crippen LogP contribution is 2.50. The maximum atomic E-state index is 6.84. The largest absolute Gasteiger partial charge is 0.454 e. The molecule has 5 nitrogen and oxygen atoms in total. The minimum atomic E-state index is 0.628. The SMILES string of the molecule is c1ccc(-c2nc(-c3ccccc3)nc(-c3ccc(-n4c5ccccc5c5c6sc7ccccc7c6c6c7ccccc7oc6c54)cc3)n2)cc1. The monoisotopic (exact) mass is 670 g/mol. The van der Waals surface area contributed by atoms with Gasteiger partial charge in [-0.05, 0) is 42.5 Å². The van der Waals surface area contributed by atoms with E-state index in [1.807, 2.05) is 78.1 Å². The van der Waals surface area contributed by atoms with E-state index in [0.717, 1.165) is 50.0 Å². The molecule has 238 valence electrons. The third-order valence-electron chi connectivity index (χ3n) is 9.84. The summed E-state index contributed by atoms with van der Waals surface area (Å²) in [6.45, 7) is 0. The molecule has 11 aromatic rings. The first-order valence-electron chi connectivity index (χ1n) is 17.0. The molecule has 0 unspecified atom stereocenters. The van der Waals surface area contributed by atoms with E-state index in [-0.39, 0.29) is 0 Å². The van der Waals surface area contributed by atoms with E-state index < -0.39 is 0 Å². The predicted molar refractivity (Wildman–Crippen MR) is 211 cm³/mol. The van der Waals surface area contributed by atoms with E-state index in [4.69, 9.17) is 19.4 Å². The summed E-state index contributed by atoms with van der Waals surface area (Å²) in [5.74, 6) is 1.92. The fourth-order valence-electron chi connectivity index (χ4n) is 7.58. The zero-order valence-corrected chi connectivity index (χ0v) is 27.9. The molecule has 0 radical (unpaired) electrons. The Balaban J connectivity index is 1.17. The Morgan fingerprint density at radius 1 is 0.451 bits per heavy atom. The van der Waals surface area contributed by atoms with Crippen molar-refractivity contribution < 1.29 is 4.42 Å². The summed E-state index contributed by atoms with van der Waals surface area (Å²) in [7, 11) is 0. The molecule has 0 fully saturated rings. The molecule has 0 N–H and O–H groups in total. The molecule has 6 heteroatoms. The highest BCUT2D eigenvalue weighted by molar-refractivity contribution is 7.27. The van der Waals surface area contributed by atoms with Gasteiger partial charge in [0.25, 0.3) is 0 Å². The number of nitrogens with zero attached hydrogens (tertiary/aromatic N) is 4.